The van der Waals surface area contributed by atoms with E-state index < -0.39 is 6.03 Å². The van der Waals surface area contributed by atoms with Crippen molar-refractivity contribution in [2.75, 3.05) is 25.5 Å². The van der Waals surface area contributed by atoms with Crippen LogP contribution < -0.4 is 15.8 Å². The van der Waals surface area contributed by atoms with Crippen LogP contribution in [0, 0.1) is 13.8 Å². The van der Waals surface area contributed by atoms with Crippen LogP contribution in [-0.4, -0.2) is 37.0 Å². The van der Waals surface area contributed by atoms with Crippen LogP contribution in [0.3, 0.4) is 0 Å². The van der Waals surface area contributed by atoms with Crippen LogP contribution in [0.5, 0.6) is 5.75 Å². The summed E-state index contributed by atoms with van der Waals surface area (Å²) in [7, 11) is 1.72. The number of carbonyl (C=O) groups is 2. The highest BCUT2D eigenvalue weighted by molar-refractivity contribution is 5.95. The molecule has 132 valence electrons. The fourth-order valence-electron chi connectivity index (χ4n) is 2.48. The zero-order valence-electron chi connectivity index (χ0n) is 14.7. The first kappa shape index (κ1) is 18.3. The smallest absolute Gasteiger partial charge is 0.316 e. The Kier molecular flexibility index (Phi) is 6.00. The van der Waals surface area contributed by atoms with Crippen molar-refractivity contribution < 1.29 is 14.3 Å². The molecular weight excluding hydrogens is 318 g/mol. The average molecular weight is 341 g/mol. The summed E-state index contributed by atoms with van der Waals surface area (Å²) < 4.78 is 5.73. The second-order valence-electron chi connectivity index (χ2n) is 5.97. The Bertz CT molecular complexity index is 737. The number of aryl methyl sites for hydroxylation is 2. The third-order valence-electron chi connectivity index (χ3n) is 3.64. The van der Waals surface area contributed by atoms with Crippen molar-refractivity contribution in [1.29, 1.82) is 0 Å². The topological polar surface area (TPSA) is 84.7 Å². The summed E-state index contributed by atoms with van der Waals surface area (Å²) >= 11 is 0. The lowest BCUT2D eigenvalue weighted by Crippen LogP contribution is -2.30. The molecule has 0 bridgehead atoms. The number of carbonyl (C=O) groups excluding carboxylic acids is 2. The molecule has 0 saturated carbocycles. The largest absolute Gasteiger partial charge is 0.492 e. The Labute approximate surface area is 147 Å². The number of hydrogen-bond acceptors (Lipinski definition) is 3. The van der Waals surface area contributed by atoms with Crippen molar-refractivity contribution in [3.8, 4) is 5.75 Å². The van der Waals surface area contributed by atoms with E-state index in [1.165, 1.54) is 0 Å². The van der Waals surface area contributed by atoms with E-state index in [0.717, 1.165) is 16.9 Å². The van der Waals surface area contributed by atoms with E-state index in [-0.39, 0.29) is 5.91 Å². The molecule has 0 aliphatic carbocycles. The first-order chi connectivity index (χ1) is 11.8. The monoisotopic (exact) mass is 341 g/mol. The third-order valence-corrected chi connectivity index (χ3v) is 3.64. The number of urea groups is 1. The van der Waals surface area contributed by atoms with E-state index in [0.29, 0.717) is 24.4 Å². The molecule has 0 spiro atoms. The average Bonchev–Trinajstić information content (AvgIpc) is 2.53. The van der Waals surface area contributed by atoms with Gasteiger partial charge in [0.1, 0.15) is 12.4 Å². The Morgan fingerprint density at radius 2 is 1.68 bits per heavy atom. The van der Waals surface area contributed by atoms with Crippen molar-refractivity contribution in [1.82, 2.24) is 4.90 Å². The van der Waals surface area contributed by atoms with Crippen LogP contribution >= 0.6 is 0 Å². The van der Waals surface area contributed by atoms with E-state index in [2.05, 4.69) is 11.4 Å². The van der Waals surface area contributed by atoms with Gasteiger partial charge in [-0.3, -0.25) is 4.79 Å². The van der Waals surface area contributed by atoms with Crippen molar-refractivity contribution in [3.05, 3.63) is 59.2 Å². The van der Waals surface area contributed by atoms with Crippen molar-refractivity contribution in [3.63, 3.8) is 0 Å². The van der Waals surface area contributed by atoms with Crippen LogP contribution in [0.15, 0.2) is 42.5 Å². The summed E-state index contributed by atoms with van der Waals surface area (Å²) in [6.07, 6.45) is 0. The molecular formula is C19H23N3O3. The van der Waals surface area contributed by atoms with Gasteiger partial charge in [0.25, 0.3) is 5.91 Å². The Morgan fingerprint density at radius 3 is 2.24 bits per heavy atom. The Morgan fingerprint density at radius 1 is 1.08 bits per heavy atom. The maximum atomic E-state index is 12.4. The lowest BCUT2D eigenvalue weighted by molar-refractivity contribution is 0.0773. The van der Waals surface area contributed by atoms with Gasteiger partial charge in [-0.15, -0.1) is 0 Å². The first-order valence-corrected chi connectivity index (χ1v) is 7.98. The minimum atomic E-state index is -0.639. The summed E-state index contributed by atoms with van der Waals surface area (Å²) in [4.78, 5) is 24.8. The molecule has 6 nitrogen and oxygen atoms in total. The lowest BCUT2D eigenvalue weighted by Gasteiger charge is -2.18. The van der Waals surface area contributed by atoms with Gasteiger partial charge in [-0.2, -0.15) is 0 Å². The zero-order chi connectivity index (χ0) is 18.4. The highest BCUT2D eigenvalue weighted by atomic mass is 16.5. The molecule has 0 aliphatic rings. The summed E-state index contributed by atoms with van der Waals surface area (Å²) in [5, 5.41) is 2.46. The van der Waals surface area contributed by atoms with Crippen LogP contribution in [0.1, 0.15) is 21.5 Å². The van der Waals surface area contributed by atoms with Crippen molar-refractivity contribution in [2.45, 2.75) is 13.8 Å². The summed E-state index contributed by atoms with van der Waals surface area (Å²) in [6.45, 7) is 4.91. The molecule has 0 fully saturated rings. The van der Waals surface area contributed by atoms with E-state index in [1.807, 2.05) is 26.0 Å². The standard InChI is InChI=1S/C19H23N3O3/c1-13-10-14(2)12-17(11-13)25-9-8-22(3)18(23)15-4-6-16(7-5-15)21-19(20)24/h4-7,10-12H,8-9H2,1-3H3,(H3,20,21,24). The van der Waals surface area contributed by atoms with Gasteiger partial charge >= 0.3 is 6.03 Å². The fraction of sp³-hybridized carbons (Fsp3) is 0.263. The molecule has 0 heterocycles. The number of likely N-dealkylation sites (N-methyl/N-ethyl adjacent to an activating group) is 1. The number of ether oxygens (including phenoxy) is 1. The molecule has 0 aromatic heterocycles. The molecule has 0 saturated heterocycles. The van der Waals surface area contributed by atoms with Crippen molar-refractivity contribution >= 4 is 17.6 Å². The highest BCUT2D eigenvalue weighted by Gasteiger charge is 2.11. The summed E-state index contributed by atoms with van der Waals surface area (Å²) in [6, 6.07) is 12.0. The molecule has 0 unspecified atom stereocenters. The number of nitrogens with zero attached hydrogens (tertiary/aromatic N) is 1. The molecule has 0 radical (unpaired) electrons. The van der Waals surface area contributed by atoms with Gasteiger partial charge < -0.3 is 20.7 Å². The van der Waals surface area contributed by atoms with Gasteiger partial charge in [0, 0.05) is 18.3 Å². The molecule has 3 amide bonds. The second kappa shape index (κ2) is 8.19. The molecule has 0 atom stereocenters. The highest BCUT2D eigenvalue weighted by Crippen LogP contribution is 2.16. The van der Waals surface area contributed by atoms with Gasteiger partial charge in [0.05, 0.1) is 6.54 Å². The Balaban J connectivity index is 1.88. The lowest BCUT2D eigenvalue weighted by atomic mass is 10.1. The van der Waals surface area contributed by atoms with Crippen LogP contribution in [-0.2, 0) is 0 Å². The third kappa shape index (κ3) is 5.53. The van der Waals surface area contributed by atoms with Gasteiger partial charge in [-0.1, -0.05) is 6.07 Å². The maximum Gasteiger partial charge on any atom is 0.316 e. The minimum absolute atomic E-state index is 0.116. The van der Waals surface area contributed by atoms with E-state index in [4.69, 9.17) is 10.5 Å². The first-order valence-electron chi connectivity index (χ1n) is 7.98. The number of nitrogens with two attached hydrogens (primary N) is 1. The number of hydrogen-bond donors (Lipinski definition) is 2. The number of anilines is 1. The SMILES string of the molecule is Cc1cc(C)cc(OCCN(C)C(=O)c2ccc(NC(N)=O)cc2)c1. The van der Waals surface area contributed by atoms with Gasteiger partial charge in [0.2, 0.25) is 0 Å². The predicted octanol–water partition coefficient (Wildman–Crippen LogP) is 2.95. The molecule has 6 heteroatoms. The summed E-state index contributed by atoms with van der Waals surface area (Å²) in [5.74, 6) is 0.690. The van der Waals surface area contributed by atoms with Crippen LogP contribution in [0.2, 0.25) is 0 Å². The molecule has 2 aromatic carbocycles. The van der Waals surface area contributed by atoms with Gasteiger partial charge in [0.15, 0.2) is 0 Å². The minimum Gasteiger partial charge on any atom is -0.492 e. The van der Waals surface area contributed by atoms with E-state index in [9.17, 15) is 9.59 Å². The predicted molar refractivity (Wildman–Crippen MR) is 98.0 cm³/mol. The normalized spacial score (nSPS) is 10.2. The fourth-order valence-corrected chi connectivity index (χ4v) is 2.48. The van der Waals surface area contributed by atoms with E-state index in [1.54, 1.807) is 36.2 Å². The van der Waals surface area contributed by atoms with Crippen LogP contribution in [0.25, 0.3) is 0 Å². The maximum absolute atomic E-state index is 12.4. The zero-order valence-corrected chi connectivity index (χ0v) is 14.7. The molecule has 2 aromatic rings. The molecule has 25 heavy (non-hydrogen) atoms. The number of rotatable bonds is 6. The van der Waals surface area contributed by atoms with Gasteiger partial charge in [-0.05, 0) is 61.4 Å². The van der Waals surface area contributed by atoms with Crippen molar-refractivity contribution in [2.24, 2.45) is 5.73 Å². The summed E-state index contributed by atoms with van der Waals surface area (Å²) in [5.41, 5.74) is 8.42. The van der Waals surface area contributed by atoms with E-state index >= 15 is 0 Å². The molecule has 0 aliphatic heterocycles. The number of nitrogens with one attached hydrogen (secondary N) is 1. The number of benzene rings is 2. The number of amides is 3. The van der Waals surface area contributed by atoms with Gasteiger partial charge in [-0.25, -0.2) is 4.79 Å². The number of primary amides is 1. The quantitative estimate of drug-likeness (QED) is 0.847. The second-order valence-corrected chi connectivity index (χ2v) is 5.97. The molecule has 3 N–H and O–H groups in total. The Hall–Kier alpha value is -3.02. The molecule has 2 rings (SSSR count). The van der Waals surface area contributed by atoms with Crippen LogP contribution in [0.4, 0.5) is 10.5 Å².